The first kappa shape index (κ1) is 27.4. The van der Waals surface area contributed by atoms with E-state index in [9.17, 15) is 9.59 Å². The molecule has 6 heteroatoms. The largest absolute Gasteiger partial charge is 0.353 e. The summed E-state index contributed by atoms with van der Waals surface area (Å²) >= 11 is 0. The lowest BCUT2D eigenvalue weighted by atomic mass is 9.71. The molecule has 0 aliphatic carbocycles. The Morgan fingerprint density at radius 2 is 1.88 bits per heavy atom. The van der Waals surface area contributed by atoms with Crippen LogP contribution >= 0.6 is 0 Å². The van der Waals surface area contributed by atoms with E-state index in [4.69, 9.17) is 18.9 Å². The number of hydrogen-bond donors (Lipinski definition) is 0. The van der Waals surface area contributed by atoms with E-state index in [0.29, 0.717) is 32.5 Å². The van der Waals surface area contributed by atoms with Gasteiger partial charge in [-0.05, 0) is 71.6 Å². The molecule has 0 radical (unpaired) electrons. The second-order valence-electron chi connectivity index (χ2n) is 10.7. The fraction of sp³-hybridized carbons (Fsp3) is 0.923. The van der Waals surface area contributed by atoms with Gasteiger partial charge in [0, 0.05) is 18.9 Å². The molecule has 0 N–H and O–H groups in total. The Morgan fingerprint density at radius 3 is 2.44 bits per heavy atom. The summed E-state index contributed by atoms with van der Waals surface area (Å²) in [7, 11) is 0. The zero-order valence-corrected chi connectivity index (χ0v) is 21.4. The predicted molar refractivity (Wildman–Crippen MR) is 124 cm³/mol. The molecule has 0 saturated carbocycles. The topological polar surface area (TPSA) is 71.1 Å². The highest BCUT2D eigenvalue weighted by Gasteiger charge is 2.47. The van der Waals surface area contributed by atoms with Crippen molar-refractivity contribution in [3.8, 4) is 0 Å². The Labute approximate surface area is 195 Å². The highest BCUT2D eigenvalue weighted by Crippen LogP contribution is 2.39. The van der Waals surface area contributed by atoms with E-state index < -0.39 is 11.2 Å². The molecule has 0 aromatic heterocycles. The Hall–Kier alpha value is -0.820. The predicted octanol–water partition coefficient (Wildman–Crippen LogP) is 5.46. The molecule has 2 fully saturated rings. The normalized spacial score (nSPS) is 26.8. The molecule has 2 heterocycles. The second kappa shape index (κ2) is 12.0. The van der Waals surface area contributed by atoms with Gasteiger partial charge in [0.05, 0.1) is 24.2 Å². The molecule has 32 heavy (non-hydrogen) atoms. The van der Waals surface area contributed by atoms with Crippen LogP contribution in [0.2, 0.25) is 0 Å². The summed E-state index contributed by atoms with van der Waals surface area (Å²) in [6, 6.07) is 0. The fourth-order valence-corrected chi connectivity index (χ4v) is 5.02. The molecule has 0 spiro atoms. The number of rotatable bonds is 12. The van der Waals surface area contributed by atoms with Crippen molar-refractivity contribution in [1.29, 1.82) is 0 Å². The van der Waals surface area contributed by atoms with Gasteiger partial charge < -0.3 is 23.7 Å². The summed E-state index contributed by atoms with van der Waals surface area (Å²) in [6.45, 7) is 14.9. The van der Waals surface area contributed by atoms with Crippen LogP contribution in [0.15, 0.2) is 0 Å². The maximum atomic E-state index is 14.0. The Balaban J connectivity index is 2.20. The maximum Gasteiger partial charge on any atom is 0.163 e. The van der Waals surface area contributed by atoms with Gasteiger partial charge in [-0.1, -0.05) is 27.7 Å². The van der Waals surface area contributed by atoms with Crippen molar-refractivity contribution in [3.05, 3.63) is 0 Å². The van der Waals surface area contributed by atoms with E-state index in [0.717, 1.165) is 32.1 Å². The van der Waals surface area contributed by atoms with Crippen LogP contribution in [0.3, 0.4) is 0 Å². The first-order valence-electron chi connectivity index (χ1n) is 12.6. The number of ketones is 2. The van der Waals surface area contributed by atoms with Crippen LogP contribution in [0.5, 0.6) is 0 Å². The average Bonchev–Trinajstić information content (AvgIpc) is 2.73. The van der Waals surface area contributed by atoms with Crippen LogP contribution in [0.25, 0.3) is 0 Å². The van der Waals surface area contributed by atoms with Crippen LogP contribution in [-0.2, 0) is 28.5 Å². The van der Waals surface area contributed by atoms with E-state index in [1.165, 1.54) is 0 Å². The van der Waals surface area contributed by atoms with E-state index >= 15 is 0 Å². The average molecular weight is 455 g/mol. The first-order chi connectivity index (χ1) is 15.0. The van der Waals surface area contributed by atoms with Gasteiger partial charge in [-0.25, -0.2) is 0 Å². The summed E-state index contributed by atoms with van der Waals surface area (Å²) in [5.41, 5.74) is -0.657. The summed E-state index contributed by atoms with van der Waals surface area (Å²) in [5.74, 6) is -0.404. The van der Waals surface area contributed by atoms with E-state index in [-0.39, 0.29) is 41.9 Å². The minimum absolute atomic E-state index is 0.150. The zero-order chi connectivity index (χ0) is 23.9. The van der Waals surface area contributed by atoms with Gasteiger partial charge in [0.2, 0.25) is 0 Å². The summed E-state index contributed by atoms with van der Waals surface area (Å²) in [5, 5.41) is 0. The van der Waals surface area contributed by atoms with Crippen LogP contribution in [0.4, 0.5) is 0 Å². The third kappa shape index (κ3) is 7.61. The van der Waals surface area contributed by atoms with Gasteiger partial charge in [-0.15, -0.1) is 0 Å². The smallest absolute Gasteiger partial charge is 0.163 e. The molecule has 2 aliphatic heterocycles. The SMILES string of the molecule is CC[C@@H](C(=O)C(C)(C)[C@@H]1CCOC(C)(C)O1)C(OC1CCCCO1)[C@@H](C)CCCC(C)=O. The minimum atomic E-state index is -0.687. The van der Waals surface area contributed by atoms with Gasteiger partial charge >= 0.3 is 0 Å². The van der Waals surface area contributed by atoms with Crippen LogP contribution in [0, 0.1) is 17.3 Å². The first-order valence-corrected chi connectivity index (χ1v) is 12.6. The van der Waals surface area contributed by atoms with Crippen LogP contribution in [0.1, 0.15) is 99.8 Å². The van der Waals surface area contributed by atoms with Gasteiger partial charge in [-0.3, -0.25) is 4.79 Å². The quantitative estimate of drug-likeness (QED) is 0.390. The van der Waals surface area contributed by atoms with Crippen molar-refractivity contribution < 1.29 is 28.5 Å². The number of ether oxygens (including phenoxy) is 4. The Bertz CT molecular complexity index is 607. The highest BCUT2D eigenvalue weighted by molar-refractivity contribution is 5.87. The highest BCUT2D eigenvalue weighted by atomic mass is 16.7. The van der Waals surface area contributed by atoms with E-state index in [2.05, 4.69) is 13.8 Å². The van der Waals surface area contributed by atoms with Crippen molar-refractivity contribution in [3.63, 3.8) is 0 Å². The monoisotopic (exact) mass is 454 g/mol. The van der Waals surface area contributed by atoms with E-state index in [1.807, 2.05) is 27.7 Å². The molecule has 2 saturated heterocycles. The van der Waals surface area contributed by atoms with Gasteiger partial charge in [-0.2, -0.15) is 0 Å². The summed E-state index contributed by atoms with van der Waals surface area (Å²) < 4.78 is 24.3. The molecular formula is C26H46O6. The molecule has 5 atom stereocenters. The zero-order valence-electron chi connectivity index (χ0n) is 21.4. The van der Waals surface area contributed by atoms with E-state index in [1.54, 1.807) is 6.92 Å². The second-order valence-corrected chi connectivity index (χ2v) is 10.7. The number of carbonyl (C=O) groups is 2. The number of hydrogen-bond acceptors (Lipinski definition) is 6. The van der Waals surface area contributed by atoms with Crippen molar-refractivity contribution in [2.24, 2.45) is 17.3 Å². The molecular weight excluding hydrogens is 408 g/mol. The molecule has 6 nitrogen and oxygen atoms in total. The van der Waals surface area contributed by atoms with Gasteiger partial charge in [0.25, 0.3) is 0 Å². The molecule has 186 valence electrons. The third-order valence-electron chi connectivity index (χ3n) is 7.06. The molecule has 0 aromatic carbocycles. The lowest BCUT2D eigenvalue weighted by Crippen LogP contribution is -2.52. The van der Waals surface area contributed by atoms with Gasteiger partial charge in [0.1, 0.15) is 11.6 Å². The van der Waals surface area contributed by atoms with Crippen molar-refractivity contribution in [2.45, 2.75) is 124 Å². The summed E-state index contributed by atoms with van der Waals surface area (Å²) in [6.07, 6.45) is 5.92. The molecule has 2 unspecified atom stereocenters. The molecule has 0 aromatic rings. The standard InChI is InChI=1S/C26H46O6/c1-8-20(24(28)25(4,5)21-15-17-30-26(6,7)32-21)23(18(2)12-11-13-19(3)27)31-22-14-9-10-16-29-22/h18,20-23H,8-17H2,1-7H3/t18-,20+,21-,22?,23?/m0/s1. The Morgan fingerprint density at radius 1 is 1.16 bits per heavy atom. The molecule has 0 bridgehead atoms. The van der Waals surface area contributed by atoms with Gasteiger partial charge in [0.15, 0.2) is 12.1 Å². The number of carbonyl (C=O) groups excluding carboxylic acids is 2. The summed E-state index contributed by atoms with van der Waals surface area (Å²) in [4.78, 5) is 25.4. The number of Topliss-reactive ketones (excluding diaryl/α,β-unsaturated/α-hetero) is 2. The Kier molecular flexibility index (Phi) is 10.3. The molecule has 2 aliphatic rings. The van der Waals surface area contributed by atoms with Crippen molar-refractivity contribution >= 4 is 11.6 Å². The van der Waals surface area contributed by atoms with Crippen molar-refractivity contribution in [2.75, 3.05) is 13.2 Å². The molecule has 0 amide bonds. The lowest BCUT2D eigenvalue weighted by molar-refractivity contribution is -0.289. The third-order valence-corrected chi connectivity index (χ3v) is 7.06. The minimum Gasteiger partial charge on any atom is -0.353 e. The van der Waals surface area contributed by atoms with Crippen molar-refractivity contribution in [1.82, 2.24) is 0 Å². The molecule has 2 rings (SSSR count). The fourth-order valence-electron chi connectivity index (χ4n) is 5.02. The van der Waals surface area contributed by atoms with Crippen LogP contribution < -0.4 is 0 Å². The maximum absolute atomic E-state index is 14.0. The van der Waals surface area contributed by atoms with Crippen LogP contribution in [-0.4, -0.2) is 49.1 Å². The lowest BCUT2D eigenvalue weighted by Gasteiger charge is -2.45.